The molecule has 0 saturated heterocycles. The Hall–Kier alpha value is -2.22. The summed E-state index contributed by atoms with van der Waals surface area (Å²) in [6, 6.07) is 18.2. The summed E-state index contributed by atoms with van der Waals surface area (Å²) < 4.78 is 5.14. The molecule has 2 heteroatoms. The molecule has 0 radical (unpaired) electrons. The van der Waals surface area contributed by atoms with Crippen LogP contribution in [0.15, 0.2) is 67.3 Å². The first-order chi connectivity index (χ1) is 8.83. The Labute approximate surface area is 108 Å². The second kappa shape index (κ2) is 5.92. The molecule has 0 fully saturated rings. The third-order valence-corrected chi connectivity index (χ3v) is 2.81. The smallest absolute Gasteiger partial charge is 0.119 e. The lowest BCUT2D eigenvalue weighted by Crippen LogP contribution is -2.07. The predicted octanol–water partition coefficient (Wildman–Crippen LogP) is 4.03. The van der Waals surface area contributed by atoms with E-state index in [0.717, 1.165) is 11.4 Å². The van der Waals surface area contributed by atoms with Crippen LogP contribution in [0, 0.1) is 0 Å². The van der Waals surface area contributed by atoms with Crippen LogP contribution >= 0.6 is 0 Å². The van der Waals surface area contributed by atoms with Gasteiger partial charge in [-0.3, -0.25) is 0 Å². The van der Waals surface area contributed by atoms with Crippen LogP contribution in [0.4, 0.5) is 5.69 Å². The molecule has 0 unspecified atom stereocenters. The molecule has 2 aromatic carbocycles. The highest BCUT2D eigenvalue weighted by Crippen LogP contribution is 2.22. The lowest BCUT2D eigenvalue weighted by Gasteiger charge is -2.16. The van der Waals surface area contributed by atoms with Crippen molar-refractivity contribution in [2.45, 2.75) is 6.04 Å². The van der Waals surface area contributed by atoms with E-state index >= 15 is 0 Å². The zero-order valence-corrected chi connectivity index (χ0v) is 10.5. The Morgan fingerprint density at radius 3 is 2.28 bits per heavy atom. The highest BCUT2D eigenvalue weighted by atomic mass is 16.5. The molecular weight excluding hydrogens is 222 g/mol. The summed E-state index contributed by atoms with van der Waals surface area (Å²) in [5, 5.41) is 3.42. The summed E-state index contributed by atoms with van der Waals surface area (Å²) in [5.74, 6) is 0.857. The third kappa shape index (κ3) is 2.92. The molecule has 18 heavy (non-hydrogen) atoms. The van der Waals surface area contributed by atoms with Crippen LogP contribution in [0.5, 0.6) is 5.75 Å². The van der Waals surface area contributed by atoms with Gasteiger partial charge in [-0.05, 0) is 29.8 Å². The summed E-state index contributed by atoms with van der Waals surface area (Å²) in [6.45, 7) is 3.88. The van der Waals surface area contributed by atoms with Gasteiger partial charge in [0.15, 0.2) is 0 Å². The number of hydrogen-bond donors (Lipinski definition) is 1. The average Bonchev–Trinajstić information content (AvgIpc) is 2.46. The van der Waals surface area contributed by atoms with Gasteiger partial charge in [0.25, 0.3) is 0 Å². The van der Waals surface area contributed by atoms with Crippen molar-refractivity contribution < 1.29 is 4.74 Å². The normalized spacial score (nSPS) is 11.6. The monoisotopic (exact) mass is 239 g/mol. The molecule has 0 aromatic heterocycles. The molecule has 0 amide bonds. The van der Waals surface area contributed by atoms with Crippen LogP contribution in [-0.4, -0.2) is 7.11 Å². The molecule has 0 aliphatic carbocycles. The van der Waals surface area contributed by atoms with E-state index < -0.39 is 0 Å². The van der Waals surface area contributed by atoms with Crippen LogP contribution in [0.1, 0.15) is 11.6 Å². The van der Waals surface area contributed by atoms with Gasteiger partial charge in [-0.1, -0.05) is 36.4 Å². The van der Waals surface area contributed by atoms with E-state index in [1.807, 2.05) is 48.5 Å². The molecule has 0 bridgehead atoms. The quantitative estimate of drug-likeness (QED) is 0.795. The van der Waals surface area contributed by atoms with E-state index in [2.05, 4.69) is 24.0 Å². The van der Waals surface area contributed by atoms with Crippen molar-refractivity contribution in [2.75, 3.05) is 12.4 Å². The van der Waals surface area contributed by atoms with E-state index in [1.165, 1.54) is 5.56 Å². The molecule has 2 rings (SSSR count). The van der Waals surface area contributed by atoms with Crippen molar-refractivity contribution in [3.8, 4) is 5.75 Å². The summed E-state index contributed by atoms with van der Waals surface area (Å²) in [4.78, 5) is 0. The Kier molecular flexibility index (Phi) is 4.02. The van der Waals surface area contributed by atoms with E-state index in [1.54, 1.807) is 7.11 Å². The Bertz CT molecular complexity index is 490. The standard InChI is InChI=1S/C16H17NO/c1-3-16(13-7-5-4-6-8-13)17-14-9-11-15(18-2)12-10-14/h3-12,16-17H,1H2,2H3/t16-/m0/s1. The SMILES string of the molecule is C=C[C@H](Nc1ccc(OC)cc1)c1ccccc1. The number of nitrogens with one attached hydrogen (secondary N) is 1. The summed E-state index contributed by atoms with van der Waals surface area (Å²) in [7, 11) is 1.67. The lowest BCUT2D eigenvalue weighted by molar-refractivity contribution is 0.415. The van der Waals surface area contributed by atoms with E-state index in [0.29, 0.717) is 0 Å². The molecule has 2 aromatic rings. The van der Waals surface area contributed by atoms with E-state index in [9.17, 15) is 0 Å². The number of benzene rings is 2. The number of rotatable bonds is 5. The maximum Gasteiger partial charge on any atom is 0.119 e. The third-order valence-electron chi connectivity index (χ3n) is 2.81. The van der Waals surface area contributed by atoms with Crippen molar-refractivity contribution in [1.29, 1.82) is 0 Å². The van der Waals surface area contributed by atoms with Crippen molar-refractivity contribution >= 4 is 5.69 Å². The molecular formula is C16H17NO. The first-order valence-electron chi connectivity index (χ1n) is 5.91. The minimum Gasteiger partial charge on any atom is -0.497 e. The topological polar surface area (TPSA) is 21.3 Å². The second-order valence-electron chi connectivity index (χ2n) is 4.00. The first-order valence-corrected chi connectivity index (χ1v) is 5.91. The van der Waals surface area contributed by atoms with Crippen molar-refractivity contribution in [3.63, 3.8) is 0 Å². The zero-order valence-electron chi connectivity index (χ0n) is 10.5. The minimum atomic E-state index is 0.111. The molecule has 0 spiro atoms. The molecule has 0 aliphatic rings. The maximum atomic E-state index is 5.14. The zero-order chi connectivity index (χ0) is 12.8. The molecule has 2 nitrogen and oxygen atoms in total. The minimum absolute atomic E-state index is 0.111. The number of methoxy groups -OCH3 is 1. The molecule has 0 saturated carbocycles. The first kappa shape index (κ1) is 12.2. The van der Waals surface area contributed by atoms with Crippen LogP contribution in [0.3, 0.4) is 0 Å². The van der Waals surface area contributed by atoms with Crippen LogP contribution in [0.25, 0.3) is 0 Å². The molecule has 1 atom stereocenters. The average molecular weight is 239 g/mol. The van der Waals surface area contributed by atoms with E-state index in [-0.39, 0.29) is 6.04 Å². The van der Waals surface area contributed by atoms with Crippen molar-refractivity contribution in [3.05, 3.63) is 72.8 Å². The lowest BCUT2D eigenvalue weighted by atomic mass is 10.1. The number of ether oxygens (including phenoxy) is 1. The molecule has 1 N–H and O–H groups in total. The fourth-order valence-corrected chi connectivity index (χ4v) is 1.81. The van der Waals surface area contributed by atoms with E-state index in [4.69, 9.17) is 4.74 Å². The Morgan fingerprint density at radius 2 is 1.72 bits per heavy atom. The Balaban J connectivity index is 2.13. The Morgan fingerprint density at radius 1 is 1.06 bits per heavy atom. The van der Waals surface area contributed by atoms with Crippen molar-refractivity contribution in [1.82, 2.24) is 0 Å². The largest absolute Gasteiger partial charge is 0.497 e. The van der Waals surface area contributed by atoms with Gasteiger partial charge in [0, 0.05) is 5.69 Å². The fraction of sp³-hybridized carbons (Fsp3) is 0.125. The van der Waals surface area contributed by atoms with Gasteiger partial charge < -0.3 is 10.1 Å². The highest BCUT2D eigenvalue weighted by Gasteiger charge is 2.06. The second-order valence-corrected chi connectivity index (χ2v) is 4.00. The highest BCUT2D eigenvalue weighted by molar-refractivity contribution is 5.49. The van der Waals surface area contributed by atoms with Crippen LogP contribution in [0.2, 0.25) is 0 Å². The van der Waals surface area contributed by atoms with Gasteiger partial charge in [-0.25, -0.2) is 0 Å². The summed E-state index contributed by atoms with van der Waals surface area (Å²) >= 11 is 0. The van der Waals surface area contributed by atoms with Gasteiger partial charge in [0.2, 0.25) is 0 Å². The predicted molar refractivity (Wildman–Crippen MR) is 76.0 cm³/mol. The molecule has 0 heterocycles. The van der Waals surface area contributed by atoms with Gasteiger partial charge >= 0.3 is 0 Å². The van der Waals surface area contributed by atoms with Crippen LogP contribution in [-0.2, 0) is 0 Å². The summed E-state index contributed by atoms with van der Waals surface area (Å²) in [5.41, 5.74) is 2.24. The van der Waals surface area contributed by atoms with Gasteiger partial charge in [-0.2, -0.15) is 0 Å². The maximum absolute atomic E-state index is 5.14. The number of anilines is 1. The van der Waals surface area contributed by atoms with Gasteiger partial charge in [-0.15, -0.1) is 6.58 Å². The molecule has 92 valence electrons. The van der Waals surface area contributed by atoms with Crippen LogP contribution < -0.4 is 10.1 Å². The summed E-state index contributed by atoms with van der Waals surface area (Å²) in [6.07, 6.45) is 1.90. The fourth-order valence-electron chi connectivity index (χ4n) is 1.81. The van der Waals surface area contributed by atoms with Gasteiger partial charge in [0.1, 0.15) is 5.75 Å². The number of hydrogen-bond acceptors (Lipinski definition) is 2. The van der Waals surface area contributed by atoms with Crippen molar-refractivity contribution in [2.24, 2.45) is 0 Å². The molecule has 0 aliphatic heterocycles. The van der Waals surface area contributed by atoms with Gasteiger partial charge in [0.05, 0.1) is 13.2 Å².